The molecule has 2 aliphatic rings. The third-order valence-electron chi connectivity index (χ3n) is 2.40. The smallest absolute Gasteiger partial charge is 0.335 e. The topological polar surface area (TPSA) is 88.2 Å². The van der Waals surface area contributed by atoms with Crippen LogP contribution in [-0.4, -0.2) is 31.2 Å². The Balaban J connectivity index is 0.000000147. The van der Waals surface area contributed by atoms with Gasteiger partial charge in [0.05, 0.1) is 11.8 Å². The fraction of sp³-hybridized carbons (Fsp3) is 0. The Kier molecular flexibility index (Phi) is 4.17. The first-order valence-electron chi connectivity index (χ1n) is 5.55. The van der Waals surface area contributed by atoms with E-state index in [9.17, 15) is 4.79 Å². The number of aromatic nitrogens is 3. The average molecular weight is 292 g/mol. The highest BCUT2D eigenvalue weighted by Crippen LogP contribution is 2.14. The number of hydrogen-bond acceptors (Lipinski definition) is 4. The van der Waals surface area contributed by atoms with Crippen LogP contribution in [0.4, 0.5) is 0 Å². The van der Waals surface area contributed by atoms with Crippen molar-refractivity contribution in [3.63, 3.8) is 0 Å². The molecule has 0 bridgehead atoms. The molecule has 0 fully saturated rings. The zero-order valence-electron chi connectivity index (χ0n) is 10.1. The van der Waals surface area contributed by atoms with Gasteiger partial charge in [0, 0.05) is 16.8 Å². The van der Waals surface area contributed by atoms with Crippen molar-refractivity contribution < 1.29 is 15.1 Å². The van der Waals surface area contributed by atoms with E-state index in [0.29, 0.717) is 10.8 Å². The van der Waals surface area contributed by atoms with Crippen LogP contribution >= 0.6 is 11.6 Å². The summed E-state index contributed by atoms with van der Waals surface area (Å²) in [6, 6.07) is 9.70. The van der Waals surface area contributed by atoms with Crippen molar-refractivity contribution in [2.75, 3.05) is 0 Å². The first kappa shape index (κ1) is 13.8. The first-order chi connectivity index (χ1) is 9.58. The molecule has 0 saturated heterocycles. The van der Waals surface area contributed by atoms with Gasteiger partial charge in [-0.05, 0) is 30.3 Å². The molecule has 1 aromatic carbocycles. The van der Waals surface area contributed by atoms with Crippen LogP contribution in [-0.2, 0) is 0 Å². The summed E-state index contributed by atoms with van der Waals surface area (Å²) in [5, 5.41) is 25.3. The number of rotatable bonds is 1. The molecule has 0 saturated carbocycles. The van der Waals surface area contributed by atoms with E-state index in [0.717, 1.165) is 10.3 Å². The molecule has 20 heavy (non-hydrogen) atoms. The summed E-state index contributed by atoms with van der Waals surface area (Å²) in [6.07, 6.45) is 3.11. The van der Waals surface area contributed by atoms with Gasteiger partial charge in [0.15, 0.2) is 5.82 Å². The number of fused-ring (bicyclic) bond motifs is 1. The Labute approximate surface area is 119 Å². The molecule has 3 rings (SSSR count). The highest BCUT2D eigenvalue weighted by atomic mass is 35.5. The molecule has 0 aromatic heterocycles. The van der Waals surface area contributed by atoms with Gasteiger partial charge >= 0.3 is 5.97 Å². The third-order valence-corrected chi connectivity index (χ3v) is 2.63. The molecular formula is C13H10ClN3O3. The van der Waals surface area contributed by atoms with Crippen molar-refractivity contribution in [3.8, 4) is 11.4 Å². The minimum Gasteiger partial charge on any atom is -0.478 e. The Bertz CT molecular complexity index is 699. The Hall–Kier alpha value is -2.60. The molecule has 0 unspecified atom stereocenters. The van der Waals surface area contributed by atoms with Gasteiger partial charge in [-0.2, -0.15) is 9.83 Å². The van der Waals surface area contributed by atoms with E-state index in [4.69, 9.17) is 21.9 Å². The number of carbonyl (C=O) groups is 1. The van der Waals surface area contributed by atoms with E-state index in [1.807, 2.05) is 6.07 Å². The Morgan fingerprint density at radius 2 is 2.05 bits per heavy atom. The van der Waals surface area contributed by atoms with E-state index in [1.165, 1.54) is 18.3 Å². The van der Waals surface area contributed by atoms with Crippen LogP contribution in [0.25, 0.3) is 11.4 Å². The van der Waals surface area contributed by atoms with Crippen molar-refractivity contribution >= 4 is 17.6 Å². The summed E-state index contributed by atoms with van der Waals surface area (Å²) in [5.41, 5.74) is 1.05. The van der Waals surface area contributed by atoms with Crippen molar-refractivity contribution in [3.05, 3.63) is 59.4 Å². The lowest BCUT2D eigenvalue weighted by Gasteiger charge is -1.99. The van der Waals surface area contributed by atoms with Gasteiger partial charge in [0.1, 0.15) is 0 Å². The maximum Gasteiger partial charge on any atom is 0.335 e. The largest absolute Gasteiger partial charge is 0.478 e. The molecule has 2 aliphatic heterocycles. The minimum absolute atomic E-state index is 0.215. The number of benzene rings is 1. The zero-order valence-corrected chi connectivity index (χ0v) is 10.9. The minimum atomic E-state index is -0.956. The number of carboxylic acids is 1. The van der Waals surface area contributed by atoms with Crippen molar-refractivity contribution in [2.24, 2.45) is 0 Å². The first-order valence-corrected chi connectivity index (χ1v) is 5.92. The van der Waals surface area contributed by atoms with Crippen LogP contribution in [0.1, 0.15) is 10.4 Å². The number of aromatic carboxylic acids is 1. The average Bonchev–Trinajstić information content (AvgIpc) is 2.89. The number of pyridine rings is 1. The quantitative estimate of drug-likeness (QED) is 0.673. The molecule has 0 spiro atoms. The van der Waals surface area contributed by atoms with Crippen LogP contribution in [0, 0.1) is 0 Å². The van der Waals surface area contributed by atoms with E-state index in [2.05, 4.69) is 10.2 Å². The van der Waals surface area contributed by atoms with E-state index >= 15 is 0 Å². The van der Waals surface area contributed by atoms with Crippen LogP contribution in [0.3, 0.4) is 0 Å². The summed E-state index contributed by atoms with van der Waals surface area (Å²) in [7, 11) is 0. The second-order valence-electron chi connectivity index (χ2n) is 3.79. The van der Waals surface area contributed by atoms with Crippen molar-refractivity contribution in [1.82, 2.24) is 14.9 Å². The summed E-state index contributed by atoms with van der Waals surface area (Å²) < 4.78 is 0.947. The highest BCUT2D eigenvalue weighted by molar-refractivity contribution is 6.30. The van der Waals surface area contributed by atoms with E-state index in [1.54, 1.807) is 24.4 Å². The molecule has 2 N–H and O–H groups in total. The maximum atomic E-state index is 10.3. The fourth-order valence-electron chi connectivity index (χ4n) is 1.48. The van der Waals surface area contributed by atoms with Crippen molar-refractivity contribution in [2.45, 2.75) is 0 Å². The molecule has 2 heterocycles. The molecule has 0 atom stereocenters. The lowest BCUT2D eigenvalue weighted by atomic mass is 10.2. The number of halogens is 1. The summed E-state index contributed by atoms with van der Waals surface area (Å²) in [4.78, 5) is 10.3. The molecule has 0 radical (unpaired) electrons. The number of nitrogens with zero attached hydrogens (tertiary/aromatic N) is 3. The Morgan fingerprint density at radius 1 is 1.25 bits per heavy atom. The van der Waals surface area contributed by atoms with Crippen LogP contribution in [0.5, 0.6) is 0 Å². The fourth-order valence-corrected chi connectivity index (χ4v) is 1.67. The Morgan fingerprint density at radius 3 is 2.65 bits per heavy atom. The van der Waals surface area contributed by atoms with Gasteiger partial charge in [0.25, 0.3) is 0 Å². The van der Waals surface area contributed by atoms with Gasteiger partial charge < -0.3 is 10.3 Å². The van der Waals surface area contributed by atoms with Crippen LogP contribution in [0.2, 0.25) is 5.02 Å². The monoisotopic (exact) mass is 291 g/mol. The van der Waals surface area contributed by atoms with Crippen molar-refractivity contribution in [1.29, 1.82) is 0 Å². The molecule has 0 amide bonds. The third kappa shape index (κ3) is 3.24. The lowest BCUT2D eigenvalue weighted by molar-refractivity contribution is 0.0697. The predicted molar refractivity (Wildman–Crippen MR) is 72.2 cm³/mol. The molecule has 102 valence electrons. The highest BCUT2D eigenvalue weighted by Gasteiger charge is 2.06. The molecule has 1 aromatic rings. The molecule has 6 nitrogen and oxygen atoms in total. The normalized spacial score (nSPS) is 9.85. The summed E-state index contributed by atoms with van der Waals surface area (Å²) in [5.74, 6) is -0.468. The number of carboxylic acid groups (broad SMARTS) is 1. The van der Waals surface area contributed by atoms with Gasteiger partial charge in [-0.3, -0.25) is 0 Å². The summed E-state index contributed by atoms with van der Waals surface area (Å²) >= 11 is 5.53. The molecular weight excluding hydrogens is 282 g/mol. The van der Waals surface area contributed by atoms with Gasteiger partial charge in [0.2, 0.25) is 0 Å². The number of hydrogen-bond donors (Lipinski definition) is 2. The molecule has 0 aliphatic carbocycles. The predicted octanol–water partition coefficient (Wildman–Crippen LogP) is 2.66. The second kappa shape index (κ2) is 6.03. The summed E-state index contributed by atoms with van der Waals surface area (Å²) in [6.45, 7) is 0. The maximum absolute atomic E-state index is 10.3. The van der Waals surface area contributed by atoms with E-state index < -0.39 is 5.97 Å². The lowest BCUT2D eigenvalue weighted by Crippen LogP contribution is -1.96. The second-order valence-corrected chi connectivity index (χ2v) is 4.23. The zero-order chi connectivity index (χ0) is 14.5. The molecule has 7 heteroatoms. The standard InChI is InChI=1S/C7H5ClO2.C6H5N3O/c8-6-3-1-2-5(4-6)7(9)10;10-9-3-1-2-5-4-7-8-6(5)9/h1-4H,(H,9,10);1-4,10H. The SMILES string of the molecule is O=C(O)c1cccc(Cl)c1.On1cccc2cnnc1-2. The van der Waals surface area contributed by atoms with Crippen LogP contribution in [0.15, 0.2) is 48.8 Å². The van der Waals surface area contributed by atoms with Crippen LogP contribution < -0.4 is 0 Å². The van der Waals surface area contributed by atoms with Gasteiger partial charge in [-0.1, -0.05) is 17.7 Å². The van der Waals surface area contributed by atoms with Gasteiger partial charge in [-0.25, -0.2) is 4.79 Å². The van der Waals surface area contributed by atoms with Gasteiger partial charge in [-0.15, -0.1) is 5.10 Å². The van der Waals surface area contributed by atoms with E-state index in [-0.39, 0.29) is 5.56 Å².